The second-order valence-corrected chi connectivity index (χ2v) is 5.63. The Balaban J connectivity index is 2.17. The molecule has 3 rings (SSSR count). The monoisotopic (exact) mass is 340 g/mol. The Hall–Kier alpha value is -1.40. The molecule has 0 bridgehead atoms. The lowest BCUT2D eigenvalue weighted by atomic mass is 10.1. The lowest BCUT2D eigenvalue weighted by molar-refractivity contribution is 0.0666. The maximum absolute atomic E-state index is 13.4. The molecule has 1 N–H and O–H groups in total. The van der Waals surface area contributed by atoms with E-state index in [1.807, 2.05) is 11.5 Å². The molecule has 20 heavy (non-hydrogen) atoms. The molecule has 2 aromatic rings. The van der Waals surface area contributed by atoms with E-state index in [1.165, 1.54) is 18.2 Å². The lowest BCUT2D eigenvalue weighted by Crippen LogP contribution is -2.15. The third-order valence-electron chi connectivity index (χ3n) is 3.40. The van der Waals surface area contributed by atoms with Gasteiger partial charge in [-0.2, -0.15) is 0 Å². The number of ether oxygens (including phenoxy) is 1. The third kappa shape index (κ3) is 2.33. The summed E-state index contributed by atoms with van der Waals surface area (Å²) in [7, 11) is 0. The SMILES string of the molecule is C[C@@H]1Cn2c(-c3cc(F)ccc3O)nc(Br)c2CCO1. The molecule has 1 atom stereocenters. The van der Waals surface area contributed by atoms with E-state index < -0.39 is 5.82 Å². The average molecular weight is 341 g/mol. The highest BCUT2D eigenvalue weighted by Crippen LogP contribution is 2.33. The van der Waals surface area contributed by atoms with Crippen LogP contribution in [0.25, 0.3) is 11.4 Å². The summed E-state index contributed by atoms with van der Waals surface area (Å²) in [5.41, 5.74) is 1.40. The first-order valence-electron chi connectivity index (χ1n) is 6.41. The fourth-order valence-electron chi connectivity index (χ4n) is 2.45. The standard InChI is InChI=1S/C14H14BrFN2O2/c1-8-7-18-11(4-5-20-8)13(15)17-14(18)10-6-9(16)2-3-12(10)19/h2-3,6,8,19H,4-5,7H2,1H3/t8-/m1/s1. The van der Waals surface area contributed by atoms with Gasteiger partial charge in [-0.1, -0.05) is 0 Å². The van der Waals surface area contributed by atoms with Crippen molar-refractivity contribution in [3.05, 3.63) is 34.3 Å². The summed E-state index contributed by atoms with van der Waals surface area (Å²) in [6.45, 7) is 3.23. The molecule has 0 spiro atoms. The van der Waals surface area contributed by atoms with E-state index in [1.54, 1.807) is 0 Å². The molecule has 4 nitrogen and oxygen atoms in total. The number of phenols is 1. The molecular weight excluding hydrogens is 327 g/mol. The van der Waals surface area contributed by atoms with E-state index in [2.05, 4.69) is 20.9 Å². The summed E-state index contributed by atoms with van der Waals surface area (Å²) >= 11 is 3.43. The van der Waals surface area contributed by atoms with E-state index in [-0.39, 0.29) is 11.9 Å². The van der Waals surface area contributed by atoms with Crippen LogP contribution in [0.15, 0.2) is 22.8 Å². The van der Waals surface area contributed by atoms with Crippen molar-refractivity contribution in [3.8, 4) is 17.1 Å². The number of hydrogen-bond acceptors (Lipinski definition) is 3. The Morgan fingerprint density at radius 1 is 1.50 bits per heavy atom. The van der Waals surface area contributed by atoms with Crippen molar-refractivity contribution in [2.75, 3.05) is 6.61 Å². The zero-order valence-corrected chi connectivity index (χ0v) is 12.5. The first-order chi connectivity index (χ1) is 9.56. The number of halogens is 2. The summed E-state index contributed by atoms with van der Waals surface area (Å²) in [5, 5.41) is 9.97. The summed E-state index contributed by atoms with van der Waals surface area (Å²) in [6.07, 6.45) is 0.778. The number of imidazole rings is 1. The number of aromatic nitrogens is 2. The summed E-state index contributed by atoms with van der Waals surface area (Å²) < 4.78 is 21.8. The second kappa shape index (κ2) is 5.18. The van der Waals surface area contributed by atoms with Crippen molar-refractivity contribution in [3.63, 3.8) is 0 Å². The molecule has 0 amide bonds. The first kappa shape index (κ1) is 13.6. The molecule has 0 fully saturated rings. The number of fused-ring (bicyclic) bond motifs is 1. The molecule has 0 radical (unpaired) electrons. The van der Waals surface area contributed by atoms with Crippen LogP contribution < -0.4 is 0 Å². The molecule has 2 heterocycles. The smallest absolute Gasteiger partial charge is 0.145 e. The van der Waals surface area contributed by atoms with Gasteiger partial charge in [-0.25, -0.2) is 9.37 Å². The number of benzene rings is 1. The molecule has 0 saturated carbocycles. The van der Waals surface area contributed by atoms with E-state index in [4.69, 9.17) is 4.74 Å². The van der Waals surface area contributed by atoms with Gasteiger partial charge in [0, 0.05) is 6.42 Å². The molecule has 1 aromatic heterocycles. The van der Waals surface area contributed by atoms with Crippen LogP contribution in [0.2, 0.25) is 0 Å². The van der Waals surface area contributed by atoms with E-state index in [9.17, 15) is 9.50 Å². The second-order valence-electron chi connectivity index (χ2n) is 4.88. The highest BCUT2D eigenvalue weighted by Gasteiger charge is 2.23. The van der Waals surface area contributed by atoms with Crippen LogP contribution in [-0.2, 0) is 17.7 Å². The fraction of sp³-hybridized carbons (Fsp3) is 0.357. The molecule has 1 aliphatic heterocycles. The van der Waals surface area contributed by atoms with Gasteiger partial charge in [0.25, 0.3) is 0 Å². The first-order valence-corrected chi connectivity index (χ1v) is 7.21. The van der Waals surface area contributed by atoms with Crippen LogP contribution in [0, 0.1) is 5.82 Å². The minimum Gasteiger partial charge on any atom is -0.507 e. The Bertz CT molecular complexity index is 657. The van der Waals surface area contributed by atoms with Crippen molar-refractivity contribution >= 4 is 15.9 Å². The van der Waals surface area contributed by atoms with E-state index in [0.717, 1.165) is 12.1 Å². The maximum Gasteiger partial charge on any atom is 0.145 e. The van der Waals surface area contributed by atoms with Crippen LogP contribution >= 0.6 is 15.9 Å². The summed E-state index contributed by atoms with van der Waals surface area (Å²) in [6, 6.07) is 3.87. The topological polar surface area (TPSA) is 47.3 Å². The minimum absolute atomic E-state index is 0.0181. The Labute approximate surface area is 124 Å². The van der Waals surface area contributed by atoms with Gasteiger partial charge in [-0.3, -0.25) is 0 Å². The lowest BCUT2D eigenvalue weighted by Gasteiger charge is -2.13. The van der Waals surface area contributed by atoms with Crippen LogP contribution in [0.1, 0.15) is 12.6 Å². The van der Waals surface area contributed by atoms with Gasteiger partial charge >= 0.3 is 0 Å². The Morgan fingerprint density at radius 3 is 3.10 bits per heavy atom. The highest BCUT2D eigenvalue weighted by molar-refractivity contribution is 9.10. The van der Waals surface area contributed by atoms with Crippen molar-refractivity contribution in [2.24, 2.45) is 0 Å². The minimum atomic E-state index is -0.399. The van der Waals surface area contributed by atoms with Gasteiger partial charge < -0.3 is 14.4 Å². The Morgan fingerprint density at radius 2 is 2.30 bits per heavy atom. The fourth-order valence-corrected chi connectivity index (χ4v) is 3.03. The molecule has 0 unspecified atom stereocenters. The van der Waals surface area contributed by atoms with Crippen LogP contribution in [0.3, 0.4) is 0 Å². The van der Waals surface area contributed by atoms with Crippen molar-refractivity contribution in [2.45, 2.75) is 26.0 Å². The number of aromatic hydroxyl groups is 1. The van der Waals surface area contributed by atoms with Gasteiger partial charge in [0.1, 0.15) is 22.0 Å². The predicted molar refractivity (Wildman–Crippen MR) is 76.1 cm³/mol. The molecule has 6 heteroatoms. The molecule has 106 valence electrons. The molecule has 1 aromatic carbocycles. The van der Waals surface area contributed by atoms with Gasteiger partial charge in [0.05, 0.1) is 30.5 Å². The average Bonchev–Trinajstić information content (AvgIpc) is 2.59. The van der Waals surface area contributed by atoms with Gasteiger partial charge in [-0.15, -0.1) is 0 Å². The molecule has 0 aliphatic carbocycles. The van der Waals surface area contributed by atoms with Gasteiger partial charge in [0.2, 0.25) is 0 Å². The van der Waals surface area contributed by atoms with Crippen LogP contribution in [0.4, 0.5) is 4.39 Å². The maximum atomic E-state index is 13.4. The Kier molecular flexibility index (Phi) is 3.52. The van der Waals surface area contributed by atoms with Gasteiger partial charge in [-0.05, 0) is 41.1 Å². The number of phenolic OH excluding ortho intramolecular Hbond substituents is 1. The molecular formula is C14H14BrFN2O2. The van der Waals surface area contributed by atoms with Crippen molar-refractivity contribution < 1.29 is 14.2 Å². The van der Waals surface area contributed by atoms with Gasteiger partial charge in [0.15, 0.2) is 0 Å². The number of hydrogen-bond donors (Lipinski definition) is 1. The largest absolute Gasteiger partial charge is 0.507 e. The van der Waals surface area contributed by atoms with Crippen molar-refractivity contribution in [1.29, 1.82) is 0 Å². The molecule has 0 saturated heterocycles. The quantitative estimate of drug-likeness (QED) is 0.867. The van der Waals surface area contributed by atoms with Crippen LogP contribution in [0.5, 0.6) is 5.75 Å². The summed E-state index contributed by atoms with van der Waals surface area (Å²) in [4.78, 5) is 4.44. The normalized spacial score (nSPS) is 18.6. The zero-order chi connectivity index (χ0) is 14.3. The summed E-state index contributed by atoms with van der Waals surface area (Å²) in [5.74, 6) is 0.176. The van der Waals surface area contributed by atoms with E-state index in [0.29, 0.717) is 29.1 Å². The number of rotatable bonds is 1. The molecule has 1 aliphatic rings. The van der Waals surface area contributed by atoms with Crippen molar-refractivity contribution in [1.82, 2.24) is 9.55 Å². The predicted octanol–water partition coefficient (Wildman–Crippen LogP) is 3.12. The third-order valence-corrected chi connectivity index (χ3v) is 4.04. The van der Waals surface area contributed by atoms with Crippen LogP contribution in [-0.4, -0.2) is 27.4 Å². The highest BCUT2D eigenvalue weighted by atomic mass is 79.9. The number of nitrogens with zero attached hydrogens (tertiary/aromatic N) is 2. The van der Waals surface area contributed by atoms with E-state index >= 15 is 0 Å². The zero-order valence-electron chi connectivity index (χ0n) is 10.9.